The van der Waals surface area contributed by atoms with Gasteiger partial charge in [0.25, 0.3) is 0 Å². The summed E-state index contributed by atoms with van der Waals surface area (Å²) in [4.78, 5) is 6.32. The third kappa shape index (κ3) is 5.23. The molecule has 0 bridgehead atoms. The quantitative estimate of drug-likeness (QED) is 0.503. The van der Waals surface area contributed by atoms with Gasteiger partial charge in [-0.05, 0) is 42.5 Å². The van der Waals surface area contributed by atoms with Crippen LogP contribution in [0.1, 0.15) is 11.7 Å². The second kappa shape index (κ2) is 9.63. The lowest BCUT2D eigenvalue weighted by Crippen LogP contribution is -2.48. The number of piperazine rings is 1. The molecule has 0 unspecified atom stereocenters. The van der Waals surface area contributed by atoms with Crippen LogP contribution in [0.2, 0.25) is 0 Å². The Labute approximate surface area is 185 Å². The minimum Gasteiger partial charge on any atom is -0.497 e. The fraction of sp³-hybridized carbons (Fsp3) is 0.333. The molecule has 1 aromatic heterocycles. The van der Waals surface area contributed by atoms with Crippen LogP contribution in [0.4, 0.5) is 4.39 Å². The lowest BCUT2D eigenvalue weighted by atomic mass is 10.3. The number of hydrogen-bond donors (Lipinski definition) is 0. The highest BCUT2D eigenvalue weighted by atomic mass is 32.2. The lowest BCUT2D eigenvalue weighted by molar-refractivity contribution is 0.163. The highest BCUT2D eigenvalue weighted by Crippen LogP contribution is 2.20. The molecule has 0 atom stereocenters. The normalized spacial score (nSPS) is 15.6. The van der Waals surface area contributed by atoms with Crippen LogP contribution in [0, 0.1) is 5.82 Å². The molecule has 0 spiro atoms. The molecule has 11 heteroatoms. The molecule has 9 nitrogen and oxygen atoms in total. The third-order valence-electron chi connectivity index (χ3n) is 5.06. The molecule has 3 aromatic rings. The van der Waals surface area contributed by atoms with Gasteiger partial charge in [0.1, 0.15) is 17.3 Å². The van der Waals surface area contributed by atoms with Crippen molar-refractivity contribution in [1.82, 2.24) is 19.3 Å². The van der Waals surface area contributed by atoms with Crippen LogP contribution in [-0.4, -0.2) is 61.1 Å². The molecule has 2 aromatic carbocycles. The Bertz CT molecular complexity index is 1150. The first-order valence-corrected chi connectivity index (χ1v) is 11.4. The van der Waals surface area contributed by atoms with Crippen molar-refractivity contribution in [3.63, 3.8) is 0 Å². The molecule has 2 heterocycles. The summed E-state index contributed by atoms with van der Waals surface area (Å²) in [7, 11) is -2.13. The Morgan fingerprint density at radius 2 is 1.78 bits per heavy atom. The standard InChI is InChI=1S/C21H23FN4O5S/c1-29-17-5-7-18(8-6-17)30-15-20-23-21(31-24-20)14-25-9-11-26(12-10-25)32(27,28)19-4-2-3-16(22)13-19/h2-8,13H,9-12,14-15H2,1H3. The summed E-state index contributed by atoms with van der Waals surface area (Å²) in [6.45, 7) is 2.14. The number of nitrogens with zero attached hydrogens (tertiary/aromatic N) is 4. The predicted octanol–water partition coefficient (Wildman–Crippen LogP) is 2.30. The van der Waals surface area contributed by atoms with E-state index in [4.69, 9.17) is 14.0 Å². The Kier molecular flexibility index (Phi) is 6.68. The third-order valence-corrected chi connectivity index (χ3v) is 6.96. The van der Waals surface area contributed by atoms with Crippen LogP contribution in [-0.2, 0) is 23.2 Å². The van der Waals surface area contributed by atoms with Crippen LogP contribution < -0.4 is 9.47 Å². The van der Waals surface area contributed by atoms with E-state index in [-0.39, 0.29) is 11.5 Å². The van der Waals surface area contributed by atoms with Crippen LogP contribution in [0.5, 0.6) is 11.5 Å². The molecule has 0 N–H and O–H groups in total. The molecule has 170 valence electrons. The fourth-order valence-corrected chi connectivity index (χ4v) is 4.78. The van der Waals surface area contributed by atoms with Gasteiger partial charge < -0.3 is 14.0 Å². The molecule has 0 aliphatic carbocycles. The summed E-state index contributed by atoms with van der Waals surface area (Å²) in [6, 6.07) is 12.2. The number of benzene rings is 2. The van der Waals surface area contributed by atoms with E-state index in [1.54, 1.807) is 31.4 Å². The largest absolute Gasteiger partial charge is 0.497 e. The number of ether oxygens (including phenoxy) is 2. The van der Waals surface area contributed by atoms with Crippen LogP contribution in [0.3, 0.4) is 0 Å². The van der Waals surface area contributed by atoms with Gasteiger partial charge in [-0.1, -0.05) is 11.2 Å². The average Bonchev–Trinajstić information content (AvgIpc) is 3.25. The van der Waals surface area contributed by atoms with Crippen molar-refractivity contribution in [2.24, 2.45) is 0 Å². The molecule has 0 radical (unpaired) electrons. The van der Waals surface area contributed by atoms with E-state index in [1.807, 2.05) is 4.90 Å². The number of rotatable bonds is 8. The maximum absolute atomic E-state index is 13.4. The zero-order valence-electron chi connectivity index (χ0n) is 17.5. The van der Waals surface area contributed by atoms with Crippen LogP contribution in [0.15, 0.2) is 57.9 Å². The second-order valence-corrected chi connectivity index (χ2v) is 9.14. The second-order valence-electron chi connectivity index (χ2n) is 7.21. The smallest absolute Gasteiger partial charge is 0.243 e. The van der Waals surface area contributed by atoms with Gasteiger partial charge in [0.15, 0.2) is 6.61 Å². The molecule has 1 aliphatic rings. The van der Waals surface area contributed by atoms with E-state index < -0.39 is 15.8 Å². The van der Waals surface area contributed by atoms with Crippen LogP contribution in [0.25, 0.3) is 0 Å². The van der Waals surface area contributed by atoms with Crippen molar-refractivity contribution in [3.8, 4) is 11.5 Å². The molecular formula is C21H23FN4O5S. The van der Waals surface area contributed by atoms with Gasteiger partial charge in [-0.2, -0.15) is 9.29 Å². The summed E-state index contributed by atoms with van der Waals surface area (Å²) in [5.41, 5.74) is 0. The molecular weight excluding hydrogens is 439 g/mol. The Hall–Kier alpha value is -3.02. The van der Waals surface area contributed by atoms with Crippen molar-refractivity contribution in [3.05, 3.63) is 66.1 Å². The Balaban J connectivity index is 1.28. The summed E-state index contributed by atoms with van der Waals surface area (Å²) in [5, 5.41) is 3.93. The van der Waals surface area contributed by atoms with Gasteiger partial charge in [-0.3, -0.25) is 4.90 Å². The van der Waals surface area contributed by atoms with Gasteiger partial charge in [-0.25, -0.2) is 12.8 Å². The maximum Gasteiger partial charge on any atom is 0.243 e. The molecule has 32 heavy (non-hydrogen) atoms. The van der Waals surface area contributed by atoms with E-state index >= 15 is 0 Å². The van der Waals surface area contributed by atoms with E-state index in [0.717, 1.165) is 11.8 Å². The monoisotopic (exact) mass is 462 g/mol. The summed E-state index contributed by atoms with van der Waals surface area (Å²) in [6.07, 6.45) is 0. The van der Waals surface area contributed by atoms with Crippen LogP contribution >= 0.6 is 0 Å². The SMILES string of the molecule is COc1ccc(OCc2noc(CN3CCN(S(=O)(=O)c4cccc(F)c4)CC3)n2)cc1. The van der Waals surface area contributed by atoms with E-state index in [2.05, 4.69) is 10.1 Å². The van der Waals surface area contributed by atoms with E-state index in [1.165, 1.54) is 22.5 Å². The number of aromatic nitrogens is 2. The fourth-order valence-electron chi connectivity index (χ4n) is 3.33. The van der Waals surface area contributed by atoms with Crippen molar-refractivity contribution in [2.75, 3.05) is 33.3 Å². The van der Waals surface area contributed by atoms with Gasteiger partial charge in [-0.15, -0.1) is 0 Å². The van der Waals surface area contributed by atoms with Gasteiger partial charge in [0.2, 0.25) is 21.7 Å². The minimum absolute atomic E-state index is 0.0376. The first-order chi connectivity index (χ1) is 15.4. The summed E-state index contributed by atoms with van der Waals surface area (Å²) in [5.74, 6) is 1.67. The highest BCUT2D eigenvalue weighted by molar-refractivity contribution is 7.89. The highest BCUT2D eigenvalue weighted by Gasteiger charge is 2.29. The number of methoxy groups -OCH3 is 1. The lowest BCUT2D eigenvalue weighted by Gasteiger charge is -2.33. The summed E-state index contributed by atoms with van der Waals surface area (Å²) < 4.78 is 56.3. The van der Waals surface area contributed by atoms with Gasteiger partial charge in [0, 0.05) is 26.2 Å². The van der Waals surface area contributed by atoms with Crippen molar-refractivity contribution in [1.29, 1.82) is 0 Å². The summed E-state index contributed by atoms with van der Waals surface area (Å²) >= 11 is 0. The topological polar surface area (TPSA) is 98.0 Å². The maximum atomic E-state index is 13.4. The average molecular weight is 463 g/mol. The molecule has 1 fully saturated rings. The minimum atomic E-state index is -3.72. The van der Waals surface area contributed by atoms with Crippen molar-refractivity contribution < 1.29 is 26.8 Å². The van der Waals surface area contributed by atoms with Crippen molar-refractivity contribution >= 4 is 10.0 Å². The zero-order chi connectivity index (χ0) is 22.6. The molecule has 1 saturated heterocycles. The first kappa shape index (κ1) is 22.2. The number of halogens is 1. The predicted molar refractivity (Wildman–Crippen MR) is 112 cm³/mol. The van der Waals surface area contributed by atoms with Gasteiger partial charge >= 0.3 is 0 Å². The molecule has 0 saturated carbocycles. The Morgan fingerprint density at radius 3 is 2.47 bits per heavy atom. The Morgan fingerprint density at radius 1 is 1.06 bits per heavy atom. The molecule has 0 amide bonds. The zero-order valence-corrected chi connectivity index (χ0v) is 18.3. The van der Waals surface area contributed by atoms with Gasteiger partial charge in [0.05, 0.1) is 18.6 Å². The number of hydrogen-bond acceptors (Lipinski definition) is 8. The van der Waals surface area contributed by atoms with E-state index in [0.29, 0.717) is 50.2 Å². The molecule has 1 aliphatic heterocycles. The van der Waals surface area contributed by atoms with Crippen molar-refractivity contribution in [2.45, 2.75) is 18.0 Å². The number of sulfonamides is 1. The first-order valence-electron chi connectivity index (χ1n) is 10.0. The van der Waals surface area contributed by atoms with E-state index in [9.17, 15) is 12.8 Å². The molecule has 4 rings (SSSR count).